The van der Waals surface area contributed by atoms with Gasteiger partial charge in [0.25, 0.3) is 0 Å². The molecule has 0 bridgehead atoms. The van der Waals surface area contributed by atoms with Gasteiger partial charge in [-0.3, -0.25) is 4.98 Å². The molecule has 0 unspecified atom stereocenters. The molecule has 5 heterocycles. The maximum atomic E-state index is 6.56. The monoisotopic (exact) mass is 813 g/mol. The molecule has 0 amide bonds. The van der Waals surface area contributed by atoms with Crippen LogP contribution >= 0.6 is 0 Å². The smallest absolute Gasteiger partial charge is 0.503 e. The van der Waals surface area contributed by atoms with Gasteiger partial charge in [0.1, 0.15) is 5.82 Å². The Hall–Kier alpha value is -5.25. The number of nitrogens with zero attached hydrogens (tertiary/aromatic N) is 4. The first-order valence-corrected chi connectivity index (χ1v) is 16.6. The minimum absolute atomic E-state index is 0. The van der Waals surface area contributed by atoms with Gasteiger partial charge in [-0.2, -0.15) is 6.07 Å². The average molecular weight is 814 g/mol. The quantitative estimate of drug-likeness (QED) is 0.128. The van der Waals surface area contributed by atoms with Crippen molar-refractivity contribution < 1.29 is 25.8 Å². The Morgan fingerprint density at radius 2 is 1.51 bits per heavy atom. The molecular formula is C43H30N4OPt. The summed E-state index contributed by atoms with van der Waals surface area (Å²) in [6.45, 7) is 4.41. The van der Waals surface area contributed by atoms with Crippen LogP contribution in [0, 0.1) is 12.1 Å². The summed E-state index contributed by atoms with van der Waals surface area (Å²) in [5.74, 6) is 2.52. The number of para-hydroxylation sites is 1. The molecule has 4 aromatic heterocycles. The van der Waals surface area contributed by atoms with Crippen molar-refractivity contribution in [1.29, 1.82) is 0 Å². The second kappa shape index (κ2) is 11.4. The number of benzene rings is 5. The van der Waals surface area contributed by atoms with E-state index in [0.29, 0.717) is 17.4 Å². The van der Waals surface area contributed by atoms with Gasteiger partial charge in [-0.25, -0.2) is 4.98 Å². The fourth-order valence-corrected chi connectivity index (χ4v) is 7.54. The molecule has 0 radical (unpaired) electrons. The summed E-state index contributed by atoms with van der Waals surface area (Å²) >= 11 is 0. The number of ether oxygens (including phenoxy) is 1. The molecule has 6 heteroatoms. The van der Waals surface area contributed by atoms with E-state index in [1.807, 2.05) is 24.5 Å². The summed E-state index contributed by atoms with van der Waals surface area (Å²) in [6.07, 6.45) is 5.88. The number of aromatic nitrogens is 4. The number of aryl methyl sites for hydroxylation is 2. The molecular weight excluding hydrogens is 784 g/mol. The molecule has 5 aromatic carbocycles. The third-order valence-corrected chi connectivity index (χ3v) is 9.88. The Kier molecular flexibility index (Phi) is 6.96. The van der Waals surface area contributed by atoms with E-state index < -0.39 is 0 Å². The van der Waals surface area contributed by atoms with Gasteiger partial charge < -0.3 is 13.7 Å². The molecule has 0 fully saturated rings. The SMILES string of the molecule is CC(C)c1ccnc(-n2c3[c-]c(Oc4[c-]c5c(cc4)c4cc(-c6ccccc6)cc6c4n4c(cnc54)CC6)ccc3c3ccccc32)c1.[Pt+2]. The van der Waals surface area contributed by atoms with Gasteiger partial charge in [0.05, 0.1) is 5.65 Å². The number of imidazole rings is 1. The van der Waals surface area contributed by atoms with Crippen LogP contribution in [0.3, 0.4) is 0 Å². The molecule has 1 aliphatic rings. The van der Waals surface area contributed by atoms with Crippen LogP contribution in [0.25, 0.3) is 66.1 Å². The Morgan fingerprint density at radius 3 is 2.37 bits per heavy atom. The van der Waals surface area contributed by atoms with Crippen molar-refractivity contribution in [2.45, 2.75) is 32.6 Å². The van der Waals surface area contributed by atoms with E-state index in [2.05, 4.69) is 126 Å². The van der Waals surface area contributed by atoms with Crippen molar-refractivity contribution in [2.75, 3.05) is 0 Å². The summed E-state index contributed by atoms with van der Waals surface area (Å²) in [7, 11) is 0. The minimum Gasteiger partial charge on any atom is -0.503 e. The van der Waals surface area contributed by atoms with Crippen molar-refractivity contribution in [3.05, 3.63) is 144 Å². The molecule has 10 rings (SSSR count). The van der Waals surface area contributed by atoms with Crippen LogP contribution in [0.5, 0.6) is 11.5 Å². The summed E-state index contributed by atoms with van der Waals surface area (Å²) in [6, 6.07) is 43.5. The largest absolute Gasteiger partial charge is 2.00 e. The van der Waals surface area contributed by atoms with E-state index in [-0.39, 0.29) is 21.1 Å². The van der Waals surface area contributed by atoms with E-state index in [4.69, 9.17) is 14.7 Å². The predicted molar refractivity (Wildman–Crippen MR) is 193 cm³/mol. The van der Waals surface area contributed by atoms with Crippen LogP contribution in [0.15, 0.2) is 116 Å². The third kappa shape index (κ3) is 4.64. The first-order chi connectivity index (χ1) is 23.6. The Bertz CT molecular complexity index is 2740. The Labute approximate surface area is 298 Å². The summed E-state index contributed by atoms with van der Waals surface area (Å²) in [5, 5.41) is 5.55. The van der Waals surface area contributed by atoms with E-state index in [1.54, 1.807) is 0 Å². The van der Waals surface area contributed by atoms with Gasteiger partial charge in [-0.05, 0) is 76.1 Å². The van der Waals surface area contributed by atoms with Crippen LogP contribution < -0.4 is 4.74 Å². The van der Waals surface area contributed by atoms with Crippen molar-refractivity contribution in [3.63, 3.8) is 0 Å². The molecule has 9 aromatic rings. The summed E-state index contributed by atoms with van der Waals surface area (Å²) < 4.78 is 11.1. The molecule has 0 saturated carbocycles. The fourth-order valence-electron chi connectivity index (χ4n) is 7.54. The van der Waals surface area contributed by atoms with E-state index in [9.17, 15) is 0 Å². The van der Waals surface area contributed by atoms with Crippen molar-refractivity contribution in [3.8, 4) is 28.4 Å². The molecule has 0 spiro atoms. The molecule has 0 saturated heterocycles. The van der Waals surface area contributed by atoms with Crippen LogP contribution in [0.4, 0.5) is 0 Å². The van der Waals surface area contributed by atoms with E-state index in [1.165, 1.54) is 38.9 Å². The van der Waals surface area contributed by atoms with Gasteiger partial charge in [0.15, 0.2) is 0 Å². The molecule has 5 nitrogen and oxygen atoms in total. The number of hydrogen-bond acceptors (Lipinski definition) is 3. The molecule has 49 heavy (non-hydrogen) atoms. The number of fused-ring (bicyclic) bond motifs is 6. The Morgan fingerprint density at radius 1 is 0.714 bits per heavy atom. The maximum absolute atomic E-state index is 6.56. The second-order valence-corrected chi connectivity index (χ2v) is 13.1. The minimum atomic E-state index is 0. The zero-order valence-corrected chi connectivity index (χ0v) is 29.2. The zero-order chi connectivity index (χ0) is 31.9. The van der Waals surface area contributed by atoms with Crippen molar-refractivity contribution in [1.82, 2.24) is 18.9 Å². The van der Waals surface area contributed by atoms with Gasteiger partial charge in [0, 0.05) is 40.6 Å². The van der Waals surface area contributed by atoms with Gasteiger partial charge >= 0.3 is 21.1 Å². The van der Waals surface area contributed by atoms with Crippen molar-refractivity contribution >= 4 is 49.1 Å². The predicted octanol–water partition coefficient (Wildman–Crippen LogP) is 10.4. The summed E-state index contributed by atoms with van der Waals surface area (Å²) in [4.78, 5) is 9.71. The second-order valence-electron chi connectivity index (χ2n) is 13.1. The Balaban J connectivity index is 0.00000325. The molecule has 0 atom stereocenters. The number of rotatable bonds is 5. The normalized spacial score (nSPS) is 12.6. The van der Waals surface area contributed by atoms with Gasteiger partial charge in [0.2, 0.25) is 0 Å². The average Bonchev–Trinajstić information content (AvgIpc) is 3.71. The van der Waals surface area contributed by atoms with Crippen molar-refractivity contribution in [2.24, 2.45) is 0 Å². The topological polar surface area (TPSA) is 44.4 Å². The standard InChI is InChI=1S/C43H30N4O.Pt/c1-26(2)28-18-19-44-41(22-28)47-39-11-7-6-10-35(39)36-17-15-33(24-40(36)47)48-32-14-16-34-37-21-30(27-8-4-3-5-9-27)20-29-12-13-31-25-45-43(38(34)23-32)46(31)42(29)37;/h3-11,14-22,25-26H,12-13H2,1-2H3;/q-2;+2. The fraction of sp³-hybridized carbons (Fsp3) is 0.116. The van der Waals surface area contributed by atoms with E-state index >= 15 is 0 Å². The number of hydrogen-bond donors (Lipinski definition) is 0. The third-order valence-electron chi connectivity index (χ3n) is 9.88. The van der Waals surface area contributed by atoms with Gasteiger partial charge in [-0.1, -0.05) is 90.8 Å². The maximum Gasteiger partial charge on any atom is 2.00 e. The first kappa shape index (κ1) is 29.9. The van der Waals surface area contributed by atoms with Crippen LogP contribution in [-0.4, -0.2) is 18.9 Å². The van der Waals surface area contributed by atoms with Crippen LogP contribution in [-0.2, 0) is 33.9 Å². The molecule has 0 aliphatic carbocycles. The summed E-state index contributed by atoms with van der Waals surface area (Å²) in [5.41, 5.74) is 10.5. The molecule has 1 aliphatic heterocycles. The van der Waals surface area contributed by atoms with Crippen LogP contribution in [0.1, 0.15) is 36.6 Å². The van der Waals surface area contributed by atoms with Crippen LogP contribution in [0.2, 0.25) is 0 Å². The van der Waals surface area contributed by atoms with E-state index in [0.717, 1.165) is 56.9 Å². The zero-order valence-electron chi connectivity index (χ0n) is 27.0. The molecule has 238 valence electrons. The first-order valence-electron chi connectivity index (χ1n) is 16.6. The van der Waals surface area contributed by atoms with Gasteiger partial charge in [-0.15, -0.1) is 29.7 Å². The number of pyridine rings is 2. The molecule has 0 N–H and O–H groups in total.